The summed E-state index contributed by atoms with van der Waals surface area (Å²) < 4.78 is 0. The zero-order valence-electron chi connectivity index (χ0n) is 10.4. The van der Waals surface area contributed by atoms with E-state index >= 15 is 0 Å². The lowest BCUT2D eigenvalue weighted by Gasteiger charge is -2.34. The Hall–Kier alpha value is -0.0600. The van der Waals surface area contributed by atoms with E-state index < -0.39 is 0 Å². The van der Waals surface area contributed by atoms with Gasteiger partial charge < -0.3 is 0 Å². The highest BCUT2D eigenvalue weighted by atomic mass is 32.1. The molecule has 0 bridgehead atoms. The first-order chi connectivity index (χ1) is 7.65. The molecule has 0 aliphatic carbocycles. The SMILES string of the molecule is CCC(CC)(CS)CN(C)Cc1cscn1. The highest BCUT2D eigenvalue weighted by Gasteiger charge is 2.26. The van der Waals surface area contributed by atoms with E-state index in [1.165, 1.54) is 18.5 Å². The van der Waals surface area contributed by atoms with Crippen LogP contribution < -0.4 is 0 Å². The van der Waals surface area contributed by atoms with E-state index in [1.54, 1.807) is 11.3 Å². The molecule has 92 valence electrons. The molecule has 1 aromatic heterocycles. The summed E-state index contributed by atoms with van der Waals surface area (Å²) >= 11 is 6.17. The maximum Gasteiger partial charge on any atom is 0.0795 e. The Bertz CT molecular complexity index is 273. The van der Waals surface area contributed by atoms with E-state index in [4.69, 9.17) is 0 Å². The van der Waals surface area contributed by atoms with Gasteiger partial charge in [-0.1, -0.05) is 13.8 Å². The van der Waals surface area contributed by atoms with Crippen LogP contribution in [0, 0.1) is 5.41 Å². The van der Waals surface area contributed by atoms with Crippen molar-refractivity contribution in [3.8, 4) is 0 Å². The van der Waals surface area contributed by atoms with Crippen LogP contribution in [-0.2, 0) is 6.54 Å². The zero-order valence-corrected chi connectivity index (χ0v) is 12.2. The highest BCUT2D eigenvalue weighted by molar-refractivity contribution is 7.80. The van der Waals surface area contributed by atoms with Crippen molar-refractivity contribution in [1.82, 2.24) is 9.88 Å². The van der Waals surface area contributed by atoms with Crippen LogP contribution in [0.25, 0.3) is 0 Å². The molecule has 16 heavy (non-hydrogen) atoms. The van der Waals surface area contributed by atoms with Crippen LogP contribution in [0.3, 0.4) is 0 Å². The lowest BCUT2D eigenvalue weighted by molar-refractivity contribution is 0.178. The smallest absolute Gasteiger partial charge is 0.0795 e. The summed E-state index contributed by atoms with van der Waals surface area (Å²) in [5.41, 5.74) is 3.43. The van der Waals surface area contributed by atoms with Gasteiger partial charge in [-0.2, -0.15) is 12.6 Å². The maximum absolute atomic E-state index is 4.51. The van der Waals surface area contributed by atoms with Gasteiger partial charge in [0.25, 0.3) is 0 Å². The van der Waals surface area contributed by atoms with Crippen molar-refractivity contribution >= 4 is 24.0 Å². The fraction of sp³-hybridized carbons (Fsp3) is 0.750. The first-order valence-corrected chi connectivity index (χ1v) is 7.40. The molecule has 0 N–H and O–H groups in total. The number of thiazole rings is 1. The van der Waals surface area contributed by atoms with Crippen molar-refractivity contribution in [2.24, 2.45) is 5.41 Å². The van der Waals surface area contributed by atoms with Crippen molar-refractivity contribution in [3.63, 3.8) is 0 Å². The number of hydrogen-bond acceptors (Lipinski definition) is 4. The average molecular weight is 258 g/mol. The molecule has 1 aromatic rings. The van der Waals surface area contributed by atoms with Gasteiger partial charge in [-0.3, -0.25) is 4.90 Å². The van der Waals surface area contributed by atoms with Crippen LogP contribution >= 0.6 is 24.0 Å². The molecule has 2 nitrogen and oxygen atoms in total. The molecule has 4 heteroatoms. The van der Waals surface area contributed by atoms with E-state index in [0.717, 1.165) is 18.8 Å². The van der Waals surface area contributed by atoms with Gasteiger partial charge in [-0.15, -0.1) is 11.3 Å². The molecular formula is C12H22N2S2. The Balaban J connectivity index is 2.51. The summed E-state index contributed by atoms with van der Waals surface area (Å²) in [6.45, 7) is 6.56. The van der Waals surface area contributed by atoms with Crippen molar-refractivity contribution in [2.45, 2.75) is 33.2 Å². The molecule has 0 spiro atoms. The molecule has 0 amide bonds. The van der Waals surface area contributed by atoms with Crippen LogP contribution in [0.5, 0.6) is 0 Å². The third-order valence-corrected chi connectivity index (χ3v) is 4.66. The van der Waals surface area contributed by atoms with Gasteiger partial charge in [0.1, 0.15) is 0 Å². The van der Waals surface area contributed by atoms with Crippen LogP contribution in [0.4, 0.5) is 0 Å². The zero-order chi connectivity index (χ0) is 12.0. The summed E-state index contributed by atoms with van der Waals surface area (Å²) in [7, 11) is 2.17. The number of hydrogen-bond donors (Lipinski definition) is 1. The predicted molar refractivity (Wildman–Crippen MR) is 75.3 cm³/mol. The minimum absolute atomic E-state index is 0.355. The number of thiol groups is 1. The van der Waals surface area contributed by atoms with Crippen molar-refractivity contribution in [1.29, 1.82) is 0 Å². The van der Waals surface area contributed by atoms with Crippen LogP contribution in [-0.4, -0.2) is 29.2 Å². The van der Waals surface area contributed by atoms with Crippen LogP contribution in [0.1, 0.15) is 32.4 Å². The van der Waals surface area contributed by atoms with Crippen molar-refractivity contribution < 1.29 is 0 Å². The minimum Gasteiger partial charge on any atom is -0.300 e. The number of rotatable bonds is 7. The topological polar surface area (TPSA) is 16.1 Å². The summed E-state index contributed by atoms with van der Waals surface area (Å²) in [4.78, 5) is 6.68. The van der Waals surface area contributed by atoms with Gasteiger partial charge >= 0.3 is 0 Å². The van der Waals surface area contributed by atoms with E-state index in [1.807, 2.05) is 5.51 Å². The molecule has 0 aliphatic heterocycles. The van der Waals surface area contributed by atoms with Crippen molar-refractivity contribution in [2.75, 3.05) is 19.3 Å². The third kappa shape index (κ3) is 3.75. The molecule has 0 saturated carbocycles. The van der Waals surface area contributed by atoms with Gasteiger partial charge in [-0.05, 0) is 31.1 Å². The Morgan fingerprint density at radius 1 is 1.44 bits per heavy atom. The summed E-state index contributed by atoms with van der Waals surface area (Å²) in [6, 6.07) is 0. The lowest BCUT2D eigenvalue weighted by atomic mass is 9.84. The molecule has 0 aromatic carbocycles. The fourth-order valence-electron chi connectivity index (χ4n) is 1.97. The molecule has 0 unspecified atom stereocenters. The van der Waals surface area contributed by atoms with E-state index in [-0.39, 0.29) is 0 Å². The molecular weight excluding hydrogens is 236 g/mol. The lowest BCUT2D eigenvalue weighted by Crippen LogP contribution is -2.36. The van der Waals surface area contributed by atoms with Gasteiger partial charge in [0.2, 0.25) is 0 Å². The van der Waals surface area contributed by atoms with Gasteiger partial charge in [0.05, 0.1) is 11.2 Å². The summed E-state index contributed by atoms with van der Waals surface area (Å²) in [5.74, 6) is 0.960. The van der Waals surface area contributed by atoms with E-state index in [0.29, 0.717) is 5.41 Å². The average Bonchev–Trinajstić information content (AvgIpc) is 2.79. The van der Waals surface area contributed by atoms with Crippen LogP contribution in [0.15, 0.2) is 10.9 Å². The normalized spacial score (nSPS) is 12.3. The van der Waals surface area contributed by atoms with Gasteiger partial charge in [0, 0.05) is 18.5 Å². The monoisotopic (exact) mass is 258 g/mol. The maximum atomic E-state index is 4.51. The predicted octanol–water partition coefficient (Wildman–Crippen LogP) is 3.31. The Labute approximate surface area is 108 Å². The Morgan fingerprint density at radius 3 is 2.56 bits per heavy atom. The van der Waals surface area contributed by atoms with E-state index in [2.05, 4.69) is 48.8 Å². The fourth-order valence-corrected chi connectivity index (χ4v) is 3.06. The summed E-state index contributed by atoms with van der Waals surface area (Å²) in [5, 5.41) is 2.12. The highest BCUT2D eigenvalue weighted by Crippen LogP contribution is 2.29. The second-order valence-corrected chi connectivity index (χ2v) is 5.55. The van der Waals surface area contributed by atoms with Gasteiger partial charge in [0.15, 0.2) is 0 Å². The third-order valence-electron chi connectivity index (χ3n) is 3.36. The second kappa shape index (κ2) is 6.62. The van der Waals surface area contributed by atoms with Gasteiger partial charge in [-0.25, -0.2) is 4.98 Å². The second-order valence-electron chi connectivity index (χ2n) is 4.52. The molecule has 0 saturated heterocycles. The standard InChI is InChI=1S/C12H22N2S2/c1-4-12(5-2,9-15)8-14(3)6-11-7-16-10-13-11/h7,10,15H,4-6,8-9H2,1-3H3. The molecule has 0 fully saturated rings. The Morgan fingerprint density at radius 2 is 2.12 bits per heavy atom. The Kier molecular flexibility index (Phi) is 5.79. The molecule has 0 atom stereocenters. The quantitative estimate of drug-likeness (QED) is 0.755. The molecule has 1 rings (SSSR count). The summed E-state index contributed by atoms with van der Waals surface area (Å²) in [6.07, 6.45) is 2.38. The van der Waals surface area contributed by atoms with Crippen molar-refractivity contribution in [3.05, 3.63) is 16.6 Å². The first-order valence-electron chi connectivity index (χ1n) is 5.82. The van der Waals surface area contributed by atoms with Crippen LogP contribution in [0.2, 0.25) is 0 Å². The minimum atomic E-state index is 0.355. The molecule has 0 aliphatic rings. The molecule has 1 heterocycles. The number of aromatic nitrogens is 1. The first kappa shape index (κ1) is 14.0. The number of nitrogens with zero attached hydrogens (tertiary/aromatic N) is 2. The van der Waals surface area contributed by atoms with E-state index in [9.17, 15) is 0 Å². The molecule has 0 radical (unpaired) electrons. The largest absolute Gasteiger partial charge is 0.300 e.